The van der Waals surface area contributed by atoms with E-state index in [-0.39, 0.29) is 22.7 Å². The largest absolute Gasteiger partial charge is 0.433 e. The maximum atomic E-state index is 12.4. The maximum absolute atomic E-state index is 12.4. The van der Waals surface area contributed by atoms with E-state index in [1.807, 2.05) is 0 Å². The van der Waals surface area contributed by atoms with E-state index in [9.17, 15) is 18.7 Å². The lowest BCUT2D eigenvalue weighted by Crippen LogP contribution is -2.34. The fraction of sp³-hybridized carbons (Fsp3) is 0.412. The van der Waals surface area contributed by atoms with Crippen molar-refractivity contribution >= 4 is 28.4 Å². The molecule has 0 radical (unpaired) electrons. The first-order chi connectivity index (χ1) is 11.7. The molecule has 1 aromatic carbocycles. The summed E-state index contributed by atoms with van der Waals surface area (Å²) in [5.74, 6) is -0.469. The van der Waals surface area contributed by atoms with Crippen LogP contribution in [0.25, 0.3) is 10.9 Å². The van der Waals surface area contributed by atoms with Gasteiger partial charge in [0.25, 0.3) is 5.91 Å². The summed E-state index contributed by atoms with van der Waals surface area (Å²) in [6.45, 7) is -1.23. The van der Waals surface area contributed by atoms with Gasteiger partial charge in [-0.15, -0.1) is 0 Å². The van der Waals surface area contributed by atoms with E-state index in [4.69, 9.17) is 11.6 Å². The minimum atomic E-state index is -2.98. The van der Waals surface area contributed by atoms with Crippen LogP contribution in [0, 0.1) is 0 Å². The highest BCUT2D eigenvalue weighted by atomic mass is 35.5. The Hall–Kier alpha value is -1.99. The molecule has 0 spiro atoms. The van der Waals surface area contributed by atoms with E-state index in [0.717, 1.165) is 0 Å². The number of amides is 1. The molecule has 2 unspecified atom stereocenters. The summed E-state index contributed by atoms with van der Waals surface area (Å²) >= 11 is 5.93. The second-order valence-electron chi connectivity index (χ2n) is 6.49. The van der Waals surface area contributed by atoms with Gasteiger partial charge in [0.05, 0.1) is 21.7 Å². The van der Waals surface area contributed by atoms with Crippen LogP contribution in [0.2, 0.25) is 5.02 Å². The van der Waals surface area contributed by atoms with Crippen molar-refractivity contribution in [3.05, 3.63) is 35.0 Å². The Bertz CT molecular complexity index is 814. The number of aliphatic hydroxyl groups is 1. The van der Waals surface area contributed by atoms with Crippen LogP contribution < -0.4 is 10.1 Å². The van der Waals surface area contributed by atoms with E-state index in [2.05, 4.69) is 15.0 Å². The number of aromatic nitrogens is 1. The fourth-order valence-corrected chi connectivity index (χ4v) is 3.27. The molecule has 8 heteroatoms. The molecule has 1 heterocycles. The second kappa shape index (κ2) is 6.72. The minimum Gasteiger partial charge on any atom is -0.433 e. The Labute approximate surface area is 147 Å². The normalized spacial score (nSPS) is 23.2. The molecule has 1 aromatic heterocycles. The number of hydrogen-bond donors (Lipinski definition) is 2. The average Bonchev–Trinajstić information content (AvgIpc) is 2.86. The molecular weight excluding hydrogens is 354 g/mol. The molecule has 1 aliphatic carbocycles. The van der Waals surface area contributed by atoms with E-state index < -0.39 is 12.2 Å². The van der Waals surface area contributed by atoms with Gasteiger partial charge in [-0.1, -0.05) is 11.6 Å². The summed E-state index contributed by atoms with van der Waals surface area (Å²) in [6, 6.07) is 4.23. The summed E-state index contributed by atoms with van der Waals surface area (Å²) < 4.78 is 29.0. The van der Waals surface area contributed by atoms with Gasteiger partial charge < -0.3 is 15.2 Å². The average molecular weight is 371 g/mol. The molecule has 134 valence electrons. The van der Waals surface area contributed by atoms with E-state index in [1.54, 1.807) is 13.0 Å². The Morgan fingerprint density at radius 1 is 1.48 bits per heavy atom. The zero-order valence-electron chi connectivity index (χ0n) is 13.4. The first-order valence-electron chi connectivity index (χ1n) is 7.81. The second-order valence-corrected chi connectivity index (χ2v) is 6.90. The summed E-state index contributed by atoms with van der Waals surface area (Å²) in [7, 11) is 0. The molecule has 2 atom stereocenters. The highest BCUT2D eigenvalue weighted by molar-refractivity contribution is 6.32. The standard InChI is InChI=1S/C17H17ClF2N2O3/c1-17(24)3-2-11(7-17)22-15(23)10-4-9-5-12(18)14(25-16(19)20)6-13(9)21-8-10/h4-6,8,11,16,24H,2-3,7H2,1H3,(H,22,23). The highest BCUT2D eigenvalue weighted by Gasteiger charge is 2.33. The first-order valence-corrected chi connectivity index (χ1v) is 8.19. The number of fused-ring (bicyclic) bond motifs is 1. The molecule has 0 bridgehead atoms. The molecule has 0 saturated heterocycles. The number of halogens is 3. The molecule has 1 saturated carbocycles. The minimum absolute atomic E-state index is 0.0130. The number of nitrogens with one attached hydrogen (secondary N) is 1. The SMILES string of the molecule is CC1(O)CCC(NC(=O)c2cnc3cc(OC(F)F)c(Cl)cc3c2)C1. The van der Waals surface area contributed by atoms with Gasteiger partial charge in [0, 0.05) is 23.7 Å². The topological polar surface area (TPSA) is 71.5 Å². The lowest BCUT2D eigenvalue weighted by atomic mass is 10.1. The van der Waals surface area contributed by atoms with Gasteiger partial charge >= 0.3 is 6.61 Å². The summed E-state index contributed by atoms with van der Waals surface area (Å²) in [4.78, 5) is 16.5. The molecule has 0 aliphatic heterocycles. The summed E-state index contributed by atoms with van der Waals surface area (Å²) in [6.07, 6.45) is 3.21. The highest BCUT2D eigenvalue weighted by Crippen LogP contribution is 2.31. The van der Waals surface area contributed by atoms with Crippen molar-refractivity contribution in [2.45, 2.75) is 44.4 Å². The molecule has 2 aromatic rings. The van der Waals surface area contributed by atoms with Crippen molar-refractivity contribution in [1.29, 1.82) is 0 Å². The van der Waals surface area contributed by atoms with Crippen LogP contribution >= 0.6 is 11.6 Å². The number of benzene rings is 1. The van der Waals surface area contributed by atoms with Gasteiger partial charge in [-0.2, -0.15) is 8.78 Å². The van der Waals surface area contributed by atoms with Crippen LogP contribution in [0.1, 0.15) is 36.5 Å². The van der Waals surface area contributed by atoms with Crippen molar-refractivity contribution < 1.29 is 23.4 Å². The third-order valence-corrected chi connectivity index (χ3v) is 4.56. The number of carbonyl (C=O) groups is 1. The number of rotatable bonds is 4. The van der Waals surface area contributed by atoms with Crippen LogP contribution in [-0.2, 0) is 0 Å². The Balaban J connectivity index is 1.80. The van der Waals surface area contributed by atoms with Gasteiger partial charge in [0.1, 0.15) is 5.75 Å². The molecule has 25 heavy (non-hydrogen) atoms. The lowest BCUT2D eigenvalue weighted by molar-refractivity contribution is -0.0497. The molecule has 1 aliphatic rings. The Morgan fingerprint density at radius 3 is 2.88 bits per heavy atom. The van der Waals surface area contributed by atoms with Crippen molar-refractivity contribution in [2.24, 2.45) is 0 Å². The molecule has 1 amide bonds. The quantitative estimate of drug-likeness (QED) is 0.863. The molecule has 1 fully saturated rings. The van der Waals surface area contributed by atoms with Crippen molar-refractivity contribution in [3.8, 4) is 5.75 Å². The zero-order valence-corrected chi connectivity index (χ0v) is 14.2. The number of ether oxygens (including phenoxy) is 1. The van der Waals surface area contributed by atoms with Gasteiger partial charge in [-0.3, -0.25) is 9.78 Å². The number of alkyl halides is 2. The van der Waals surface area contributed by atoms with E-state index >= 15 is 0 Å². The van der Waals surface area contributed by atoms with Crippen molar-refractivity contribution in [1.82, 2.24) is 10.3 Å². The van der Waals surface area contributed by atoms with Gasteiger partial charge in [-0.25, -0.2) is 0 Å². The van der Waals surface area contributed by atoms with Gasteiger partial charge in [-0.05, 0) is 38.3 Å². The van der Waals surface area contributed by atoms with E-state index in [0.29, 0.717) is 35.7 Å². The third kappa shape index (κ3) is 4.16. The smallest absolute Gasteiger partial charge is 0.387 e. The molecule has 2 N–H and O–H groups in total. The van der Waals surface area contributed by atoms with Crippen molar-refractivity contribution in [2.75, 3.05) is 0 Å². The maximum Gasteiger partial charge on any atom is 0.387 e. The Kier molecular flexibility index (Phi) is 4.79. The predicted octanol–water partition coefficient (Wildman–Crippen LogP) is 3.52. The third-order valence-electron chi connectivity index (χ3n) is 4.27. The summed E-state index contributed by atoms with van der Waals surface area (Å²) in [5, 5.41) is 13.4. The van der Waals surface area contributed by atoms with Crippen LogP contribution in [0.3, 0.4) is 0 Å². The monoisotopic (exact) mass is 370 g/mol. The van der Waals surface area contributed by atoms with Crippen LogP contribution in [0.4, 0.5) is 8.78 Å². The number of hydrogen-bond acceptors (Lipinski definition) is 4. The Morgan fingerprint density at radius 2 is 2.24 bits per heavy atom. The lowest BCUT2D eigenvalue weighted by Gasteiger charge is -2.17. The fourth-order valence-electron chi connectivity index (χ4n) is 3.05. The number of carbonyl (C=O) groups excluding carboxylic acids is 1. The molecular formula is C17H17ClF2N2O3. The zero-order chi connectivity index (χ0) is 18.2. The predicted molar refractivity (Wildman–Crippen MR) is 89.1 cm³/mol. The first kappa shape index (κ1) is 17.8. The molecule has 5 nitrogen and oxygen atoms in total. The molecule has 3 rings (SSSR count). The van der Waals surface area contributed by atoms with Crippen molar-refractivity contribution in [3.63, 3.8) is 0 Å². The van der Waals surface area contributed by atoms with Crippen LogP contribution in [0.15, 0.2) is 24.4 Å². The number of nitrogens with zero attached hydrogens (tertiary/aromatic N) is 1. The van der Waals surface area contributed by atoms with Crippen LogP contribution in [-0.4, -0.2) is 34.3 Å². The summed E-state index contributed by atoms with van der Waals surface area (Å²) in [5.41, 5.74) is -0.0353. The van der Waals surface area contributed by atoms with E-state index in [1.165, 1.54) is 18.3 Å². The number of pyridine rings is 1. The van der Waals surface area contributed by atoms with Gasteiger partial charge in [0.2, 0.25) is 0 Å². The van der Waals surface area contributed by atoms with Crippen LogP contribution in [0.5, 0.6) is 5.75 Å². The van der Waals surface area contributed by atoms with Gasteiger partial charge in [0.15, 0.2) is 0 Å².